The van der Waals surface area contributed by atoms with Gasteiger partial charge in [0.05, 0.1) is 5.75 Å². The third-order valence-corrected chi connectivity index (χ3v) is 5.20. The monoisotopic (exact) mass is 347 g/mol. The van der Waals surface area contributed by atoms with Crippen LogP contribution in [0.3, 0.4) is 0 Å². The molecule has 1 aliphatic heterocycles. The number of halogens is 2. The van der Waals surface area contributed by atoms with Crippen molar-refractivity contribution >= 4 is 40.9 Å². The van der Waals surface area contributed by atoms with Crippen molar-refractivity contribution in [2.75, 3.05) is 19.0 Å². The maximum Gasteiger partial charge on any atom is 0.230 e. The summed E-state index contributed by atoms with van der Waals surface area (Å²) in [6, 6.07) is 5.72. The molecule has 1 saturated heterocycles. The highest BCUT2D eigenvalue weighted by Gasteiger charge is 2.17. The van der Waals surface area contributed by atoms with E-state index >= 15 is 0 Å². The van der Waals surface area contributed by atoms with Crippen LogP contribution in [0.5, 0.6) is 0 Å². The van der Waals surface area contributed by atoms with Crippen LogP contribution in [0.15, 0.2) is 18.2 Å². The summed E-state index contributed by atoms with van der Waals surface area (Å²) in [5.74, 6) is 0.501. The molecule has 0 spiro atoms. The minimum Gasteiger partial charge on any atom is -0.381 e. The number of carbonyl (C=O) groups is 1. The Kier molecular flexibility index (Phi) is 6.68. The molecule has 1 unspecified atom stereocenters. The molecule has 0 radical (unpaired) electrons. The van der Waals surface area contributed by atoms with Gasteiger partial charge in [0.2, 0.25) is 5.91 Å². The van der Waals surface area contributed by atoms with Crippen LogP contribution in [-0.4, -0.2) is 30.9 Å². The molecule has 1 aliphatic rings. The molecule has 1 aromatic carbocycles. The molecule has 0 bridgehead atoms. The largest absolute Gasteiger partial charge is 0.381 e. The third kappa shape index (κ3) is 5.37. The highest BCUT2D eigenvalue weighted by molar-refractivity contribution is 8.00. The summed E-state index contributed by atoms with van der Waals surface area (Å²) in [5.41, 5.74) is 1.00. The maximum atomic E-state index is 12.0. The number of carbonyl (C=O) groups excluding carboxylic acids is 1. The molecule has 0 aliphatic carbocycles. The van der Waals surface area contributed by atoms with Crippen molar-refractivity contribution in [3.63, 3.8) is 0 Å². The summed E-state index contributed by atoms with van der Waals surface area (Å²) >= 11 is 13.7. The average molecular weight is 348 g/mol. The highest BCUT2D eigenvalue weighted by Crippen LogP contribution is 2.34. The summed E-state index contributed by atoms with van der Waals surface area (Å²) in [7, 11) is 0. The number of ether oxygens (including phenoxy) is 1. The average Bonchev–Trinajstić information content (AvgIpc) is 2.46. The zero-order valence-electron chi connectivity index (χ0n) is 11.9. The van der Waals surface area contributed by atoms with Gasteiger partial charge in [-0.1, -0.05) is 29.3 Å². The van der Waals surface area contributed by atoms with Crippen LogP contribution in [0, 0.1) is 0 Å². The van der Waals surface area contributed by atoms with Crippen molar-refractivity contribution in [3.05, 3.63) is 33.8 Å². The SMILES string of the molecule is CC(SCC(=O)NC1CCOCC1)c1ccc(Cl)cc1Cl. The zero-order chi connectivity index (χ0) is 15.2. The van der Waals surface area contributed by atoms with Crippen molar-refractivity contribution in [2.24, 2.45) is 0 Å². The number of benzene rings is 1. The lowest BCUT2D eigenvalue weighted by molar-refractivity contribution is -0.119. The fourth-order valence-corrected chi connectivity index (χ4v) is 3.74. The molecule has 6 heteroatoms. The first-order valence-corrected chi connectivity index (χ1v) is 8.80. The van der Waals surface area contributed by atoms with Crippen LogP contribution < -0.4 is 5.32 Å². The van der Waals surface area contributed by atoms with Gasteiger partial charge in [0.1, 0.15) is 0 Å². The Hall–Kier alpha value is -0.420. The number of amides is 1. The van der Waals surface area contributed by atoms with Gasteiger partial charge in [-0.25, -0.2) is 0 Å². The summed E-state index contributed by atoms with van der Waals surface area (Å²) in [5, 5.41) is 4.47. The number of nitrogens with one attached hydrogen (secondary N) is 1. The van der Waals surface area contributed by atoms with Gasteiger partial charge in [-0.3, -0.25) is 4.79 Å². The Labute approximate surface area is 139 Å². The molecule has 21 heavy (non-hydrogen) atoms. The van der Waals surface area contributed by atoms with Gasteiger partial charge in [0, 0.05) is 34.6 Å². The lowest BCUT2D eigenvalue weighted by atomic mass is 10.1. The predicted molar refractivity (Wildman–Crippen MR) is 89.3 cm³/mol. The maximum absolute atomic E-state index is 12.0. The van der Waals surface area contributed by atoms with E-state index in [4.69, 9.17) is 27.9 Å². The second-order valence-corrected chi connectivity index (χ2v) is 7.25. The van der Waals surface area contributed by atoms with Gasteiger partial charge < -0.3 is 10.1 Å². The van der Waals surface area contributed by atoms with Crippen LogP contribution in [0.4, 0.5) is 0 Å². The Morgan fingerprint density at radius 1 is 1.43 bits per heavy atom. The lowest BCUT2D eigenvalue weighted by Crippen LogP contribution is -2.39. The number of hydrogen-bond donors (Lipinski definition) is 1. The highest BCUT2D eigenvalue weighted by atomic mass is 35.5. The summed E-state index contributed by atoms with van der Waals surface area (Å²) in [6.07, 6.45) is 1.80. The van der Waals surface area contributed by atoms with Crippen LogP contribution >= 0.6 is 35.0 Å². The molecule has 2 rings (SSSR count). The van der Waals surface area contributed by atoms with E-state index in [-0.39, 0.29) is 17.2 Å². The Bertz CT molecular complexity index is 493. The normalized spacial score (nSPS) is 17.5. The molecule has 1 N–H and O–H groups in total. The first-order valence-electron chi connectivity index (χ1n) is 7.00. The van der Waals surface area contributed by atoms with Crippen LogP contribution in [0.25, 0.3) is 0 Å². The fourth-order valence-electron chi connectivity index (χ4n) is 2.23. The van der Waals surface area contributed by atoms with Crippen molar-refractivity contribution in [1.29, 1.82) is 0 Å². The van der Waals surface area contributed by atoms with Gasteiger partial charge in [0.15, 0.2) is 0 Å². The quantitative estimate of drug-likeness (QED) is 0.871. The first-order chi connectivity index (χ1) is 10.1. The molecular formula is C15H19Cl2NO2S. The van der Waals surface area contributed by atoms with E-state index in [1.54, 1.807) is 17.8 Å². The second kappa shape index (κ2) is 8.28. The Balaban J connectivity index is 1.80. The standard InChI is InChI=1S/C15H19Cl2NO2S/c1-10(13-3-2-11(16)8-14(13)17)21-9-15(19)18-12-4-6-20-7-5-12/h2-3,8,10,12H,4-7,9H2,1H3,(H,18,19). The molecule has 1 amide bonds. The number of rotatable bonds is 5. The minimum absolute atomic E-state index is 0.0730. The van der Waals surface area contributed by atoms with E-state index in [2.05, 4.69) is 5.32 Å². The molecule has 1 atom stereocenters. The van der Waals surface area contributed by atoms with Crippen LogP contribution in [0.2, 0.25) is 10.0 Å². The summed E-state index contributed by atoms with van der Waals surface area (Å²) in [6.45, 7) is 3.51. The van der Waals surface area contributed by atoms with E-state index in [9.17, 15) is 4.79 Å². The third-order valence-electron chi connectivity index (χ3n) is 3.45. The number of hydrogen-bond acceptors (Lipinski definition) is 3. The zero-order valence-corrected chi connectivity index (χ0v) is 14.2. The van der Waals surface area contributed by atoms with Gasteiger partial charge in [-0.05, 0) is 37.5 Å². The van der Waals surface area contributed by atoms with Gasteiger partial charge in [0.25, 0.3) is 0 Å². The molecule has 1 heterocycles. The van der Waals surface area contributed by atoms with Crippen molar-refractivity contribution < 1.29 is 9.53 Å². The summed E-state index contributed by atoms with van der Waals surface area (Å²) in [4.78, 5) is 12.0. The molecule has 1 fully saturated rings. The Morgan fingerprint density at radius 2 is 2.14 bits per heavy atom. The van der Waals surface area contributed by atoms with Crippen molar-refractivity contribution in [3.8, 4) is 0 Å². The minimum atomic E-state index is 0.0730. The van der Waals surface area contributed by atoms with Gasteiger partial charge in [-0.2, -0.15) is 0 Å². The smallest absolute Gasteiger partial charge is 0.230 e. The van der Waals surface area contributed by atoms with E-state index < -0.39 is 0 Å². The van der Waals surface area contributed by atoms with Gasteiger partial charge in [-0.15, -0.1) is 11.8 Å². The van der Waals surface area contributed by atoms with Gasteiger partial charge >= 0.3 is 0 Å². The van der Waals surface area contributed by atoms with Crippen molar-refractivity contribution in [2.45, 2.75) is 31.1 Å². The van der Waals surface area contributed by atoms with E-state index in [0.29, 0.717) is 15.8 Å². The molecule has 116 valence electrons. The molecule has 0 aromatic heterocycles. The molecule has 1 aromatic rings. The molecular weight excluding hydrogens is 329 g/mol. The van der Waals surface area contributed by atoms with Crippen LogP contribution in [0.1, 0.15) is 30.6 Å². The predicted octanol–water partition coefficient (Wildman–Crippen LogP) is 4.08. The topological polar surface area (TPSA) is 38.3 Å². The van der Waals surface area contributed by atoms with Crippen LogP contribution in [-0.2, 0) is 9.53 Å². The molecule has 3 nitrogen and oxygen atoms in total. The fraction of sp³-hybridized carbons (Fsp3) is 0.533. The molecule has 0 saturated carbocycles. The second-order valence-electron chi connectivity index (χ2n) is 5.07. The van der Waals surface area contributed by atoms with E-state index in [0.717, 1.165) is 31.6 Å². The van der Waals surface area contributed by atoms with E-state index in [1.165, 1.54) is 0 Å². The lowest BCUT2D eigenvalue weighted by Gasteiger charge is -2.23. The number of thioether (sulfide) groups is 1. The van der Waals surface area contributed by atoms with E-state index in [1.807, 2.05) is 19.1 Å². The first kappa shape index (κ1) is 16.9. The Morgan fingerprint density at radius 3 is 2.81 bits per heavy atom. The van der Waals surface area contributed by atoms with Crippen molar-refractivity contribution in [1.82, 2.24) is 5.32 Å². The summed E-state index contributed by atoms with van der Waals surface area (Å²) < 4.78 is 5.28.